The number of nitrogens with one attached hydrogen (secondary N) is 1. The number of sulfonamides is 1. The first-order valence-electron chi connectivity index (χ1n) is 11.9. The van der Waals surface area contributed by atoms with Crippen LogP contribution in [0.15, 0.2) is 29.3 Å². The van der Waals surface area contributed by atoms with Crippen molar-refractivity contribution >= 4 is 45.1 Å². The van der Waals surface area contributed by atoms with Gasteiger partial charge in [0.2, 0.25) is 5.60 Å². The van der Waals surface area contributed by atoms with E-state index in [1.165, 1.54) is 36.0 Å². The van der Waals surface area contributed by atoms with Crippen molar-refractivity contribution in [2.75, 3.05) is 16.2 Å². The molecule has 2 N–H and O–H groups in total. The molecule has 2 atom stereocenters. The van der Waals surface area contributed by atoms with Crippen LogP contribution in [0, 0.1) is 5.92 Å². The van der Waals surface area contributed by atoms with E-state index in [0.29, 0.717) is 13.8 Å². The first kappa shape index (κ1) is 28.8. The first-order valence-corrected chi connectivity index (χ1v) is 13.7. The molecule has 16 heteroatoms. The van der Waals surface area contributed by atoms with Gasteiger partial charge in [0.1, 0.15) is 16.7 Å². The number of carbonyl (C=O) groups excluding carboxylic acids is 1. The normalized spacial score (nSPS) is 18.6. The van der Waals surface area contributed by atoms with E-state index in [-0.39, 0.29) is 46.2 Å². The van der Waals surface area contributed by atoms with Crippen molar-refractivity contribution < 1.29 is 45.8 Å². The third kappa shape index (κ3) is 6.03. The smallest absolute Gasteiger partial charge is 0.427 e. The quantitative estimate of drug-likeness (QED) is 0.443. The molecule has 0 bridgehead atoms. The maximum absolute atomic E-state index is 13.8. The molecule has 1 aromatic carbocycles. The lowest BCUT2D eigenvalue weighted by atomic mass is 10.0. The Morgan fingerprint density at radius 1 is 1.31 bits per heavy atom. The van der Waals surface area contributed by atoms with Gasteiger partial charge in [-0.15, -0.1) is 0 Å². The topological polar surface area (TPSA) is 140 Å². The summed E-state index contributed by atoms with van der Waals surface area (Å²) in [6.45, 7) is 2.53. The number of nitrogens with zero attached hydrogens (tertiary/aromatic N) is 3. The Kier molecular flexibility index (Phi) is 7.44. The molecule has 1 aromatic heterocycles. The standard InChI is InChI=1S/C23H26ClF3N4O7S/c1-12(20(32)33)8-15-10-31(39(35,36)18-11-30(14-5-6-14)29-19(18)24)16-9-13(4-7-17(16)37-15)28-21(34)38-22(2,3)23(25,26)27/h4,7,9,11-12,14-15H,5-6,8,10H2,1-3H3,(H,28,34)(H,32,33)/t12-,15+/m1/s1. The van der Waals surface area contributed by atoms with Crippen LogP contribution in [0.4, 0.5) is 29.3 Å². The molecular weight excluding hydrogens is 569 g/mol. The van der Waals surface area contributed by atoms with E-state index in [9.17, 15) is 36.3 Å². The second kappa shape index (κ2) is 10.1. The Hall–Kier alpha value is -3.20. The van der Waals surface area contributed by atoms with Crippen molar-refractivity contribution in [3.8, 4) is 5.75 Å². The molecule has 11 nitrogen and oxygen atoms in total. The van der Waals surface area contributed by atoms with Gasteiger partial charge in [0.05, 0.1) is 24.2 Å². The van der Waals surface area contributed by atoms with E-state index < -0.39 is 45.9 Å². The number of hydrogen-bond donors (Lipinski definition) is 2. The lowest BCUT2D eigenvalue weighted by molar-refractivity contribution is -0.242. The van der Waals surface area contributed by atoms with E-state index in [1.807, 2.05) is 0 Å². The zero-order chi connectivity index (χ0) is 28.9. The summed E-state index contributed by atoms with van der Waals surface area (Å²) in [5.74, 6) is -1.89. The molecule has 0 saturated heterocycles. The van der Waals surface area contributed by atoms with Crippen LogP contribution in [0.25, 0.3) is 0 Å². The molecule has 0 radical (unpaired) electrons. The van der Waals surface area contributed by atoms with Gasteiger partial charge in [-0.3, -0.25) is 19.1 Å². The van der Waals surface area contributed by atoms with Crippen LogP contribution in [0.5, 0.6) is 5.75 Å². The number of halogens is 4. The van der Waals surface area contributed by atoms with E-state index in [4.69, 9.17) is 16.3 Å². The molecule has 39 heavy (non-hydrogen) atoms. The lowest BCUT2D eigenvalue weighted by Crippen LogP contribution is -2.45. The van der Waals surface area contributed by atoms with Crippen LogP contribution in [0.1, 0.15) is 46.1 Å². The molecule has 1 aliphatic heterocycles. The van der Waals surface area contributed by atoms with E-state index in [2.05, 4.69) is 15.2 Å². The SMILES string of the molecule is C[C@H](C[C@H]1CN(S(=O)(=O)c2cn(C3CC3)nc2Cl)c2cc(NC(=O)OC(C)(C)C(F)(F)F)ccc2O1)C(=O)O. The van der Waals surface area contributed by atoms with Gasteiger partial charge in [0.15, 0.2) is 5.15 Å². The number of rotatable bonds is 8. The van der Waals surface area contributed by atoms with Crippen LogP contribution in [0.3, 0.4) is 0 Å². The number of aromatic nitrogens is 2. The van der Waals surface area contributed by atoms with Crippen LogP contribution in [-0.4, -0.2) is 59.8 Å². The largest absolute Gasteiger partial charge is 0.486 e. The van der Waals surface area contributed by atoms with Gasteiger partial charge in [-0.05, 0) is 51.3 Å². The number of ether oxygens (including phenoxy) is 2. The second-order valence-corrected chi connectivity index (χ2v) is 12.1. The van der Waals surface area contributed by atoms with Gasteiger partial charge < -0.3 is 14.6 Å². The molecule has 1 fully saturated rings. The molecule has 0 spiro atoms. The number of alkyl halides is 3. The number of aliphatic carboxylic acids is 1. The number of fused-ring (bicyclic) bond motifs is 1. The molecule has 1 aliphatic carbocycles. The fraction of sp³-hybridized carbons (Fsp3) is 0.522. The zero-order valence-corrected chi connectivity index (χ0v) is 22.6. The summed E-state index contributed by atoms with van der Waals surface area (Å²) in [5, 5.41) is 15.3. The molecule has 4 rings (SSSR count). The minimum Gasteiger partial charge on any atom is -0.486 e. The Morgan fingerprint density at radius 2 is 1.97 bits per heavy atom. The minimum absolute atomic E-state index is 0.0191. The van der Waals surface area contributed by atoms with Crippen molar-refractivity contribution in [3.63, 3.8) is 0 Å². The van der Waals surface area contributed by atoms with Crippen LogP contribution < -0.4 is 14.4 Å². The van der Waals surface area contributed by atoms with Crippen LogP contribution >= 0.6 is 11.6 Å². The molecule has 1 saturated carbocycles. The van der Waals surface area contributed by atoms with E-state index >= 15 is 0 Å². The first-order chi connectivity index (χ1) is 18.0. The molecular formula is C23H26ClF3N4O7S. The van der Waals surface area contributed by atoms with Gasteiger partial charge in [0.25, 0.3) is 10.0 Å². The predicted octanol–water partition coefficient (Wildman–Crippen LogP) is 4.83. The number of carboxylic acid groups (broad SMARTS) is 1. The Morgan fingerprint density at radius 3 is 2.56 bits per heavy atom. The molecule has 2 heterocycles. The van der Waals surface area contributed by atoms with Crippen molar-refractivity contribution in [2.45, 2.75) is 68.9 Å². The number of amides is 1. The highest BCUT2D eigenvalue weighted by molar-refractivity contribution is 7.93. The summed E-state index contributed by atoms with van der Waals surface area (Å²) in [7, 11) is -4.38. The minimum atomic E-state index is -4.83. The highest BCUT2D eigenvalue weighted by atomic mass is 35.5. The highest BCUT2D eigenvalue weighted by Gasteiger charge is 2.51. The Labute approximate surface area is 226 Å². The lowest BCUT2D eigenvalue weighted by Gasteiger charge is -2.36. The number of carbonyl (C=O) groups is 2. The summed E-state index contributed by atoms with van der Waals surface area (Å²) in [6.07, 6.45) is -4.15. The Balaban J connectivity index is 1.68. The summed E-state index contributed by atoms with van der Waals surface area (Å²) < 4.78 is 79.8. The van der Waals surface area contributed by atoms with Gasteiger partial charge in [0, 0.05) is 11.9 Å². The van der Waals surface area contributed by atoms with Gasteiger partial charge in [-0.2, -0.15) is 18.3 Å². The van der Waals surface area contributed by atoms with Crippen LogP contribution in [-0.2, 0) is 19.6 Å². The predicted molar refractivity (Wildman–Crippen MR) is 133 cm³/mol. The fourth-order valence-electron chi connectivity index (χ4n) is 3.84. The second-order valence-electron chi connectivity index (χ2n) is 9.95. The average Bonchev–Trinajstić information content (AvgIpc) is 3.58. The maximum atomic E-state index is 13.8. The third-order valence-electron chi connectivity index (χ3n) is 6.35. The molecule has 2 aliphatic rings. The van der Waals surface area contributed by atoms with E-state index in [0.717, 1.165) is 17.1 Å². The zero-order valence-electron chi connectivity index (χ0n) is 21.0. The van der Waals surface area contributed by atoms with Crippen molar-refractivity contribution in [3.05, 3.63) is 29.5 Å². The molecule has 0 unspecified atom stereocenters. The molecule has 214 valence electrons. The molecule has 1 amide bonds. The number of benzene rings is 1. The monoisotopic (exact) mass is 594 g/mol. The Bertz CT molecular complexity index is 1390. The van der Waals surface area contributed by atoms with Gasteiger partial charge in [-0.25, -0.2) is 13.2 Å². The molecule has 2 aromatic rings. The van der Waals surface area contributed by atoms with Crippen molar-refractivity contribution in [2.24, 2.45) is 5.92 Å². The van der Waals surface area contributed by atoms with E-state index in [1.54, 1.807) is 0 Å². The fourth-order valence-corrected chi connectivity index (χ4v) is 5.76. The number of hydrogen-bond acceptors (Lipinski definition) is 7. The summed E-state index contributed by atoms with van der Waals surface area (Å²) in [6, 6.07) is 3.84. The average molecular weight is 595 g/mol. The van der Waals surface area contributed by atoms with Crippen LogP contribution in [0.2, 0.25) is 5.15 Å². The van der Waals surface area contributed by atoms with Crippen molar-refractivity contribution in [1.29, 1.82) is 0 Å². The maximum Gasteiger partial charge on any atom is 0.427 e. The summed E-state index contributed by atoms with van der Waals surface area (Å²) >= 11 is 6.20. The summed E-state index contributed by atoms with van der Waals surface area (Å²) in [5.41, 5.74) is -2.90. The number of anilines is 2. The third-order valence-corrected chi connectivity index (χ3v) is 8.52. The highest BCUT2D eigenvalue weighted by Crippen LogP contribution is 2.42. The van der Waals surface area contributed by atoms with Gasteiger partial charge in [-0.1, -0.05) is 18.5 Å². The van der Waals surface area contributed by atoms with Crippen molar-refractivity contribution in [1.82, 2.24) is 9.78 Å². The van der Waals surface area contributed by atoms with Gasteiger partial charge >= 0.3 is 18.2 Å². The number of carboxylic acids is 1. The summed E-state index contributed by atoms with van der Waals surface area (Å²) in [4.78, 5) is 23.3.